The Hall–Kier alpha value is -7.70. The quantitative estimate of drug-likeness (QED) is 0.172. The first-order chi connectivity index (χ1) is 27.8. The second-order valence-electron chi connectivity index (χ2n) is 13.9. The summed E-state index contributed by atoms with van der Waals surface area (Å²) in [6.07, 6.45) is 1.86. The van der Waals surface area contributed by atoms with Crippen molar-refractivity contribution in [1.29, 1.82) is 0 Å². The molecule has 0 unspecified atom stereocenters. The molecule has 0 aliphatic heterocycles. The third kappa shape index (κ3) is 5.27. The Labute approximate surface area is 322 Å². The molecule has 0 saturated carbocycles. The second kappa shape index (κ2) is 13.0. The summed E-state index contributed by atoms with van der Waals surface area (Å²) in [7, 11) is 0. The minimum atomic E-state index is 0.853. The molecule has 6 aromatic heterocycles. The lowest BCUT2D eigenvalue weighted by atomic mass is 10.1. The Bertz CT molecular complexity index is 3000. The summed E-state index contributed by atoms with van der Waals surface area (Å²) < 4.78 is 4.50. The molecule has 0 amide bonds. The van der Waals surface area contributed by atoms with Crippen LogP contribution in [0.2, 0.25) is 0 Å². The third-order valence-corrected chi connectivity index (χ3v) is 10.6. The van der Waals surface area contributed by atoms with Crippen molar-refractivity contribution in [2.75, 3.05) is 0 Å². The van der Waals surface area contributed by atoms with Crippen molar-refractivity contribution < 1.29 is 0 Å². The zero-order valence-electron chi connectivity index (χ0n) is 30.2. The van der Waals surface area contributed by atoms with E-state index in [0.717, 1.165) is 100 Å². The van der Waals surface area contributed by atoms with Gasteiger partial charge in [-0.2, -0.15) is 0 Å². The number of fused-ring (bicyclic) bond motifs is 6. The molecule has 0 N–H and O–H groups in total. The molecule has 11 aromatic rings. The molecule has 262 valence electrons. The first-order valence-electron chi connectivity index (χ1n) is 18.7. The van der Waals surface area contributed by atoms with Crippen molar-refractivity contribution in [2.24, 2.45) is 0 Å². The molecule has 5 aromatic carbocycles. The van der Waals surface area contributed by atoms with Gasteiger partial charge >= 0.3 is 0 Å². The first-order valence-corrected chi connectivity index (χ1v) is 18.7. The molecule has 0 spiro atoms. The van der Waals surface area contributed by atoms with E-state index in [0.29, 0.717) is 0 Å². The van der Waals surface area contributed by atoms with Gasteiger partial charge in [0.2, 0.25) is 0 Å². The van der Waals surface area contributed by atoms with Gasteiger partial charge in [0, 0.05) is 56.0 Å². The van der Waals surface area contributed by atoms with Crippen molar-refractivity contribution >= 4 is 44.0 Å². The predicted octanol–water partition coefficient (Wildman–Crippen LogP) is 12.1. The van der Waals surface area contributed by atoms with Crippen LogP contribution in [0.15, 0.2) is 194 Å². The van der Waals surface area contributed by atoms with Crippen LogP contribution in [0.1, 0.15) is 0 Å². The van der Waals surface area contributed by atoms with E-state index in [1.165, 1.54) is 0 Å². The summed E-state index contributed by atoms with van der Waals surface area (Å²) in [5.74, 6) is 0. The fraction of sp³-hybridized carbons (Fsp3) is 0. The number of benzene rings is 5. The van der Waals surface area contributed by atoms with E-state index < -0.39 is 0 Å². The highest BCUT2D eigenvalue weighted by Crippen LogP contribution is 2.38. The van der Waals surface area contributed by atoms with Crippen LogP contribution >= 0.6 is 0 Å². The van der Waals surface area contributed by atoms with Crippen LogP contribution in [0.3, 0.4) is 0 Å². The zero-order chi connectivity index (χ0) is 37.0. The van der Waals surface area contributed by atoms with E-state index >= 15 is 0 Å². The third-order valence-electron chi connectivity index (χ3n) is 10.6. The zero-order valence-corrected chi connectivity index (χ0v) is 30.2. The monoisotopic (exact) mass is 716 g/mol. The highest BCUT2D eigenvalue weighted by atomic mass is 15.1. The molecule has 0 atom stereocenters. The summed E-state index contributed by atoms with van der Waals surface area (Å²) in [6.45, 7) is 0. The van der Waals surface area contributed by atoms with Gasteiger partial charge in [-0.05, 0) is 72.8 Å². The Morgan fingerprint density at radius 2 is 0.786 bits per heavy atom. The molecule has 56 heavy (non-hydrogen) atoms. The van der Waals surface area contributed by atoms with E-state index in [4.69, 9.17) is 19.9 Å². The molecule has 6 heterocycles. The van der Waals surface area contributed by atoms with Crippen molar-refractivity contribution in [3.63, 3.8) is 0 Å². The van der Waals surface area contributed by atoms with Crippen LogP contribution in [0.25, 0.3) is 100 Å². The van der Waals surface area contributed by atoms with Crippen molar-refractivity contribution in [3.05, 3.63) is 194 Å². The summed E-state index contributed by atoms with van der Waals surface area (Å²) in [4.78, 5) is 20.4. The average molecular weight is 717 g/mol. The minimum absolute atomic E-state index is 0.853. The largest absolute Gasteiger partial charge is 0.294 e. The molecule has 0 aliphatic rings. The standard InChI is InChI=1S/C50H32N6/c1-3-12-33(13-4-1)42-17-9-19-44(52-42)35-23-27-37(28-24-35)55-46-21-8-7-16-39(46)40-32-41-48-47(22-11-31-51-48)56(50(41)54-49(40)55)38-29-25-36(26-30-38)45-20-10-18-43(53-45)34-14-5-2-6-15-34/h1-32H. The Morgan fingerprint density at radius 3 is 1.36 bits per heavy atom. The van der Waals surface area contributed by atoms with Crippen LogP contribution in [0, 0.1) is 0 Å². The van der Waals surface area contributed by atoms with Crippen molar-refractivity contribution in [2.45, 2.75) is 0 Å². The lowest BCUT2D eigenvalue weighted by molar-refractivity contribution is 1.11. The molecule has 6 heteroatoms. The van der Waals surface area contributed by atoms with Gasteiger partial charge in [-0.25, -0.2) is 15.0 Å². The van der Waals surface area contributed by atoms with Crippen molar-refractivity contribution in [1.82, 2.24) is 29.1 Å². The summed E-state index contributed by atoms with van der Waals surface area (Å²) in [5.41, 5.74) is 14.9. The van der Waals surface area contributed by atoms with Gasteiger partial charge in [0.05, 0.1) is 39.3 Å². The number of pyridine rings is 4. The molecule has 11 rings (SSSR count). The summed E-state index contributed by atoms with van der Waals surface area (Å²) >= 11 is 0. The highest BCUT2D eigenvalue weighted by molar-refractivity contribution is 6.15. The average Bonchev–Trinajstić information content (AvgIpc) is 3.78. The van der Waals surface area contributed by atoms with E-state index in [9.17, 15) is 0 Å². The first kappa shape index (κ1) is 31.8. The predicted molar refractivity (Wildman–Crippen MR) is 228 cm³/mol. The van der Waals surface area contributed by atoms with Gasteiger partial charge in [0.1, 0.15) is 11.3 Å². The van der Waals surface area contributed by atoms with Gasteiger partial charge in [-0.1, -0.05) is 115 Å². The molecule has 0 aliphatic carbocycles. The lowest BCUT2D eigenvalue weighted by Gasteiger charge is -2.11. The second-order valence-corrected chi connectivity index (χ2v) is 13.9. The normalized spacial score (nSPS) is 11.6. The van der Waals surface area contributed by atoms with Gasteiger partial charge in [0.25, 0.3) is 0 Å². The van der Waals surface area contributed by atoms with Crippen LogP contribution in [0.5, 0.6) is 0 Å². The molecule has 0 saturated heterocycles. The van der Waals surface area contributed by atoms with Gasteiger partial charge in [0.15, 0.2) is 0 Å². The van der Waals surface area contributed by atoms with E-state index in [1.807, 2.05) is 48.7 Å². The SMILES string of the molecule is c1ccc(-c2cccc(-c3ccc(-n4c5ccccc5c5cc6c7ncccc7n(-c7ccc(-c8cccc(-c9ccccc9)n8)cc7)c6nc54)cc3)n2)cc1. The Morgan fingerprint density at radius 1 is 0.321 bits per heavy atom. The number of nitrogens with zero attached hydrogens (tertiary/aromatic N) is 6. The van der Waals surface area contributed by atoms with Gasteiger partial charge in [-0.3, -0.25) is 14.1 Å². The van der Waals surface area contributed by atoms with Gasteiger partial charge < -0.3 is 0 Å². The molecule has 6 nitrogen and oxygen atoms in total. The fourth-order valence-electron chi connectivity index (χ4n) is 7.93. The number of aromatic nitrogens is 6. The van der Waals surface area contributed by atoms with Crippen LogP contribution < -0.4 is 0 Å². The number of hydrogen-bond donors (Lipinski definition) is 0. The van der Waals surface area contributed by atoms with E-state index in [1.54, 1.807) is 0 Å². The Balaban J connectivity index is 1.04. The maximum atomic E-state index is 5.52. The van der Waals surface area contributed by atoms with E-state index in [-0.39, 0.29) is 0 Å². The van der Waals surface area contributed by atoms with Crippen LogP contribution in [0.4, 0.5) is 0 Å². The summed E-state index contributed by atoms with van der Waals surface area (Å²) in [5, 5.41) is 3.24. The maximum absolute atomic E-state index is 5.52. The lowest BCUT2D eigenvalue weighted by Crippen LogP contribution is -1.99. The summed E-state index contributed by atoms with van der Waals surface area (Å²) in [6, 6.07) is 65.1. The smallest absolute Gasteiger partial charge is 0.149 e. The van der Waals surface area contributed by atoms with Crippen LogP contribution in [-0.4, -0.2) is 29.1 Å². The van der Waals surface area contributed by atoms with Crippen molar-refractivity contribution in [3.8, 4) is 56.4 Å². The Kier molecular flexibility index (Phi) is 7.38. The fourth-order valence-corrected chi connectivity index (χ4v) is 7.93. The maximum Gasteiger partial charge on any atom is 0.149 e. The number of hydrogen-bond acceptors (Lipinski definition) is 4. The molecule has 0 fully saturated rings. The number of rotatable bonds is 6. The highest BCUT2D eigenvalue weighted by Gasteiger charge is 2.20. The molecular formula is C50H32N6. The minimum Gasteiger partial charge on any atom is -0.294 e. The molecular weight excluding hydrogens is 685 g/mol. The van der Waals surface area contributed by atoms with Gasteiger partial charge in [-0.15, -0.1) is 0 Å². The van der Waals surface area contributed by atoms with Crippen LogP contribution in [-0.2, 0) is 0 Å². The topological polar surface area (TPSA) is 61.4 Å². The molecule has 0 radical (unpaired) electrons. The molecule has 0 bridgehead atoms. The number of para-hydroxylation sites is 1. The van der Waals surface area contributed by atoms with E-state index in [2.05, 4.69) is 155 Å².